The van der Waals surface area contributed by atoms with Gasteiger partial charge in [-0.25, -0.2) is 17.9 Å². The highest BCUT2D eigenvalue weighted by Gasteiger charge is 2.28. The molecule has 0 radical (unpaired) electrons. The van der Waals surface area contributed by atoms with Crippen LogP contribution in [0, 0.1) is 5.82 Å². The Kier molecular flexibility index (Phi) is 8.59. The van der Waals surface area contributed by atoms with E-state index < -0.39 is 10.0 Å². The van der Waals surface area contributed by atoms with Gasteiger partial charge in [-0.3, -0.25) is 4.99 Å². The smallest absolute Gasteiger partial charge is 0.238 e. The normalized spacial score (nSPS) is 19.9. The zero-order valence-corrected chi connectivity index (χ0v) is 19.9. The van der Waals surface area contributed by atoms with Crippen LogP contribution in [0.15, 0.2) is 58.4 Å². The second kappa shape index (κ2) is 10.5. The average Bonchev–Trinajstić information content (AvgIpc) is 2.68. The summed E-state index contributed by atoms with van der Waals surface area (Å²) in [5.74, 6) is 0.433. The van der Waals surface area contributed by atoms with E-state index in [-0.39, 0.29) is 46.9 Å². The van der Waals surface area contributed by atoms with E-state index in [9.17, 15) is 12.8 Å². The standard InChI is InChI=1S/C20H25FN4O3S.HI/c1-14-12-25(13-19(28-14)16-5-7-17(21)8-6-16)20(23-2)24-11-15-3-9-18(10-4-15)29(22,26)27;/h3-10,14,19H,11-13H2,1-2H3,(H,23,24)(H2,22,26,27);1H. The molecule has 2 aromatic rings. The molecule has 0 spiro atoms. The fourth-order valence-corrected chi connectivity index (χ4v) is 3.81. The topological polar surface area (TPSA) is 97.0 Å². The summed E-state index contributed by atoms with van der Waals surface area (Å²) in [5, 5.41) is 8.42. The molecule has 1 aliphatic heterocycles. The van der Waals surface area contributed by atoms with E-state index in [2.05, 4.69) is 15.2 Å². The first-order valence-electron chi connectivity index (χ1n) is 9.24. The van der Waals surface area contributed by atoms with Crippen LogP contribution in [0.1, 0.15) is 24.2 Å². The van der Waals surface area contributed by atoms with E-state index in [0.29, 0.717) is 25.6 Å². The van der Waals surface area contributed by atoms with E-state index in [1.807, 2.05) is 6.92 Å². The molecule has 164 valence electrons. The minimum Gasteiger partial charge on any atom is -0.367 e. The molecule has 3 rings (SSSR count). The maximum Gasteiger partial charge on any atom is 0.238 e. The van der Waals surface area contributed by atoms with Gasteiger partial charge in [0, 0.05) is 20.1 Å². The lowest BCUT2D eigenvalue weighted by molar-refractivity contribution is -0.0605. The summed E-state index contributed by atoms with van der Waals surface area (Å²) in [6, 6.07) is 12.7. The molecule has 0 aromatic heterocycles. The molecule has 2 unspecified atom stereocenters. The van der Waals surface area contributed by atoms with E-state index in [1.165, 1.54) is 24.3 Å². The second-order valence-electron chi connectivity index (χ2n) is 6.98. The number of halogens is 2. The zero-order chi connectivity index (χ0) is 21.0. The van der Waals surface area contributed by atoms with Gasteiger partial charge in [0.05, 0.1) is 17.5 Å². The third-order valence-corrected chi connectivity index (χ3v) is 5.65. The fraction of sp³-hybridized carbons (Fsp3) is 0.350. The van der Waals surface area contributed by atoms with Crippen LogP contribution in [0.25, 0.3) is 0 Å². The maximum atomic E-state index is 13.2. The largest absolute Gasteiger partial charge is 0.367 e. The molecule has 3 N–H and O–H groups in total. The highest BCUT2D eigenvalue weighted by atomic mass is 127. The first-order valence-corrected chi connectivity index (χ1v) is 10.8. The van der Waals surface area contributed by atoms with Gasteiger partial charge in [-0.15, -0.1) is 24.0 Å². The van der Waals surface area contributed by atoms with Crippen molar-refractivity contribution in [3.8, 4) is 0 Å². The number of nitrogens with two attached hydrogens (primary N) is 1. The predicted octanol–water partition coefficient (Wildman–Crippen LogP) is 2.63. The van der Waals surface area contributed by atoms with Crippen molar-refractivity contribution in [2.75, 3.05) is 20.1 Å². The van der Waals surface area contributed by atoms with E-state index in [4.69, 9.17) is 9.88 Å². The van der Waals surface area contributed by atoms with Crippen LogP contribution in [-0.2, 0) is 21.3 Å². The SMILES string of the molecule is CN=C(NCc1ccc(S(N)(=O)=O)cc1)N1CC(C)OC(c2ccc(F)cc2)C1.I. The molecule has 1 heterocycles. The number of sulfonamides is 1. The molecule has 1 saturated heterocycles. The molecule has 1 aliphatic rings. The van der Waals surface area contributed by atoms with Gasteiger partial charge < -0.3 is 15.0 Å². The summed E-state index contributed by atoms with van der Waals surface area (Å²) in [6.07, 6.45) is -0.210. The Morgan fingerprint density at radius 1 is 1.20 bits per heavy atom. The number of morpholine rings is 1. The molecule has 0 aliphatic carbocycles. The Balaban J connectivity index is 0.00000320. The minimum absolute atomic E-state index is 0. The number of benzene rings is 2. The number of aliphatic imine (C=N–C) groups is 1. The Morgan fingerprint density at radius 3 is 2.40 bits per heavy atom. The molecule has 0 saturated carbocycles. The number of nitrogens with one attached hydrogen (secondary N) is 1. The van der Waals surface area contributed by atoms with E-state index in [0.717, 1.165) is 11.1 Å². The molecule has 10 heteroatoms. The van der Waals surface area contributed by atoms with Crippen LogP contribution in [0.5, 0.6) is 0 Å². The molecule has 7 nitrogen and oxygen atoms in total. The number of hydrogen-bond acceptors (Lipinski definition) is 4. The van der Waals surface area contributed by atoms with E-state index in [1.54, 1.807) is 31.3 Å². The number of hydrogen-bond donors (Lipinski definition) is 2. The summed E-state index contributed by atoms with van der Waals surface area (Å²) >= 11 is 0. The Morgan fingerprint density at radius 2 is 1.83 bits per heavy atom. The fourth-order valence-electron chi connectivity index (χ4n) is 3.30. The number of ether oxygens (including phenoxy) is 1. The summed E-state index contributed by atoms with van der Waals surface area (Å²) in [4.78, 5) is 6.54. The van der Waals surface area contributed by atoms with Crippen LogP contribution in [0.3, 0.4) is 0 Å². The lowest BCUT2D eigenvalue weighted by atomic mass is 10.1. The van der Waals surface area contributed by atoms with Gasteiger partial charge in [-0.1, -0.05) is 24.3 Å². The second-order valence-corrected chi connectivity index (χ2v) is 8.54. The average molecular weight is 548 g/mol. The molecule has 0 amide bonds. The van der Waals surface area contributed by atoms with Crippen LogP contribution >= 0.6 is 24.0 Å². The number of rotatable bonds is 4. The lowest BCUT2D eigenvalue weighted by Crippen LogP contribution is -2.50. The molecular formula is C20H26FIN4O3S. The zero-order valence-electron chi connectivity index (χ0n) is 16.8. The van der Waals surface area contributed by atoms with Gasteiger partial charge in [0.15, 0.2) is 5.96 Å². The van der Waals surface area contributed by atoms with Crippen LogP contribution in [-0.4, -0.2) is 45.5 Å². The predicted molar refractivity (Wildman–Crippen MR) is 125 cm³/mol. The molecule has 30 heavy (non-hydrogen) atoms. The highest BCUT2D eigenvalue weighted by molar-refractivity contribution is 14.0. The van der Waals surface area contributed by atoms with Crippen LogP contribution < -0.4 is 10.5 Å². The maximum absolute atomic E-state index is 13.2. The first-order chi connectivity index (χ1) is 13.8. The number of guanidine groups is 1. The molecule has 1 fully saturated rings. The van der Waals surface area contributed by atoms with Crippen molar-refractivity contribution in [1.82, 2.24) is 10.2 Å². The summed E-state index contributed by atoms with van der Waals surface area (Å²) < 4.78 is 42.0. The molecule has 2 atom stereocenters. The molecular weight excluding hydrogens is 522 g/mol. The Bertz CT molecular complexity index is 969. The lowest BCUT2D eigenvalue weighted by Gasteiger charge is -2.38. The van der Waals surface area contributed by atoms with Crippen molar-refractivity contribution in [1.29, 1.82) is 0 Å². The third-order valence-electron chi connectivity index (χ3n) is 4.72. The number of primary sulfonamides is 1. The van der Waals surface area contributed by atoms with E-state index >= 15 is 0 Å². The summed E-state index contributed by atoms with van der Waals surface area (Å²) in [6.45, 7) is 3.72. The van der Waals surface area contributed by atoms with Crippen molar-refractivity contribution >= 4 is 40.0 Å². The highest BCUT2D eigenvalue weighted by Crippen LogP contribution is 2.25. The quantitative estimate of drug-likeness (QED) is 0.348. The van der Waals surface area contributed by atoms with Gasteiger partial charge in [-0.2, -0.15) is 0 Å². The minimum atomic E-state index is -3.70. The van der Waals surface area contributed by atoms with Crippen molar-refractivity contribution in [2.24, 2.45) is 10.1 Å². The van der Waals surface area contributed by atoms with Gasteiger partial charge >= 0.3 is 0 Å². The van der Waals surface area contributed by atoms with Crippen molar-refractivity contribution in [3.63, 3.8) is 0 Å². The van der Waals surface area contributed by atoms with Crippen LogP contribution in [0.4, 0.5) is 4.39 Å². The monoisotopic (exact) mass is 548 g/mol. The van der Waals surface area contributed by atoms with Crippen molar-refractivity contribution in [3.05, 3.63) is 65.5 Å². The van der Waals surface area contributed by atoms with Crippen LogP contribution in [0.2, 0.25) is 0 Å². The summed E-state index contributed by atoms with van der Waals surface area (Å²) in [7, 11) is -2.00. The van der Waals surface area contributed by atoms with Crippen molar-refractivity contribution < 1.29 is 17.5 Å². The van der Waals surface area contributed by atoms with Gasteiger partial charge in [0.1, 0.15) is 11.9 Å². The van der Waals surface area contributed by atoms with Gasteiger partial charge in [-0.05, 0) is 42.3 Å². The van der Waals surface area contributed by atoms with Gasteiger partial charge in [0.2, 0.25) is 10.0 Å². The molecule has 0 bridgehead atoms. The Hall–Kier alpha value is -1.76. The van der Waals surface area contributed by atoms with Crippen molar-refractivity contribution in [2.45, 2.75) is 30.6 Å². The third kappa shape index (κ3) is 6.37. The molecule has 2 aromatic carbocycles. The number of nitrogens with zero attached hydrogens (tertiary/aromatic N) is 2. The Labute approximate surface area is 193 Å². The summed E-state index contributed by atoms with van der Waals surface area (Å²) in [5.41, 5.74) is 1.81. The first kappa shape index (κ1) is 24.5. The van der Waals surface area contributed by atoms with Gasteiger partial charge in [0.25, 0.3) is 0 Å².